The van der Waals surface area contributed by atoms with Gasteiger partial charge in [0.05, 0.1) is 25.4 Å². The molecule has 1 amide bonds. The minimum Gasteiger partial charge on any atom is -0.466 e. The molecule has 0 radical (unpaired) electrons. The molecule has 6 nitrogen and oxygen atoms in total. The second kappa shape index (κ2) is 66.3. The number of rotatable bonds is 64. The van der Waals surface area contributed by atoms with E-state index in [9.17, 15) is 19.8 Å². The average Bonchev–Trinajstić information content (AvgIpc) is 3.43. The summed E-state index contributed by atoms with van der Waals surface area (Å²) >= 11 is 0. The number of hydrogen-bond donors (Lipinski definition) is 3. The molecule has 0 rings (SSSR count). The Labute approximate surface area is 480 Å². The summed E-state index contributed by atoms with van der Waals surface area (Å²) < 4.78 is 5.50. The molecule has 0 saturated carbocycles. The van der Waals surface area contributed by atoms with Crippen LogP contribution in [0.2, 0.25) is 0 Å². The van der Waals surface area contributed by atoms with Crippen LogP contribution in [0.25, 0.3) is 0 Å². The Morgan fingerprint density at radius 1 is 0.364 bits per heavy atom. The molecule has 0 aliphatic heterocycles. The number of esters is 1. The van der Waals surface area contributed by atoms with Crippen molar-refractivity contribution >= 4 is 11.9 Å². The zero-order chi connectivity index (χ0) is 55.7. The van der Waals surface area contributed by atoms with Crippen LogP contribution >= 0.6 is 0 Å². The summed E-state index contributed by atoms with van der Waals surface area (Å²) in [4.78, 5) is 24.6. The van der Waals surface area contributed by atoms with Crippen LogP contribution in [0, 0.1) is 0 Å². The lowest BCUT2D eigenvalue weighted by molar-refractivity contribution is -0.143. The quantitative estimate of drug-likeness (QED) is 0.0320. The van der Waals surface area contributed by atoms with E-state index >= 15 is 0 Å². The molecule has 0 aromatic rings. The summed E-state index contributed by atoms with van der Waals surface area (Å²) in [5, 5.41) is 23.1. The molecule has 2 unspecified atom stereocenters. The van der Waals surface area contributed by atoms with Crippen LogP contribution < -0.4 is 5.32 Å². The molecule has 77 heavy (non-hydrogen) atoms. The minimum absolute atomic E-state index is 0.00989. The Morgan fingerprint density at radius 3 is 1.00 bits per heavy atom. The van der Waals surface area contributed by atoms with E-state index in [4.69, 9.17) is 4.74 Å². The number of amides is 1. The molecule has 0 fully saturated rings. The summed E-state index contributed by atoms with van der Waals surface area (Å²) in [6.07, 6.45) is 86.1. The SMILES string of the molecule is CCCCCCCC/C=C\CCCCCCCCCCCC(=O)OCCCCCCCCCCC/C=C\C/C=C\CCCCCCCCCCCCCC(=O)NC(CO)C(O)/C=C/CCCCCCCCCCCCCC. The zero-order valence-electron chi connectivity index (χ0n) is 51.7. The number of unbranched alkanes of at least 4 members (excludes halogenated alkanes) is 47. The fourth-order valence-corrected chi connectivity index (χ4v) is 10.5. The number of aliphatic hydroxyl groups excluding tert-OH is 2. The lowest BCUT2D eigenvalue weighted by Crippen LogP contribution is -2.45. The third-order valence-electron chi connectivity index (χ3n) is 15.8. The van der Waals surface area contributed by atoms with Gasteiger partial charge in [0.15, 0.2) is 0 Å². The van der Waals surface area contributed by atoms with Crippen molar-refractivity contribution in [3.05, 3.63) is 48.6 Å². The molecular weight excluding hydrogens is 947 g/mol. The molecule has 0 aromatic heterocycles. The highest BCUT2D eigenvalue weighted by molar-refractivity contribution is 5.76. The molecule has 0 bridgehead atoms. The Morgan fingerprint density at radius 2 is 0.649 bits per heavy atom. The smallest absolute Gasteiger partial charge is 0.305 e. The Balaban J connectivity index is 3.42. The molecule has 0 aliphatic carbocycles. The van der Waals surface area contributed by atoms with Gasteiger partial charge in [0.1, 0.15) is 0 Å². The predicted molar refractivity (Wildman–Crippen MR) is 338 cm³/mol. The fraction of sp³-hybridized carbons (Fsp3) is 0.859. The highest BCUT2D eigenvalue weighted by Gasteiger charge is 2.18. The van der Waals surface area contributed by atoms with E-state index in [-0.39, 0.29) is 18.5 Å². The molecule has 3 N–H and O–H groups in total. The summed E-state index contributed by atoms with van der Waals surface area (Å²) in [5.74, 6) is -0.0604. The Kier molecular flexibility index (Phi) is 64.5. The molecule has 6 heteroatoms. The van der Waals surface area contributed by atoms with Crippen molar-refractivity contribution in [1.82, 2.24) is 5.32 Å². The molecule has 0 saturated heterocycles. The highest BCUT2D eigenvalue weighted by atomic mass is 16.5. The minimum atomic E-state index is -0.847. The number of hydrogen-bond acceptors (Lipinski definition) is 5. The normalized spacial score (nSPS) is 12.8. The van der Waals surface area contributed by atoms with Crippen molar-refractivity contribution in [2.24, 2.45) is 0 Å². The molecule has 0 spiro atoms. The lowest BCUT2D eigenvalue weighted by Gasteiger charge is -2.20. The van der Waals surface area contributed by atoms with Crippen molar-refractivity contribution in [3.8, 4) is 0 Å². The van der Waals surface area contributed by atoms with Gasteiger partial charge in [0.2, 0.25) is 5.91 Å². The van der Waals surface area contributed by atoms with E-state index in [1.807, 2.05) is 6.08 Å². The van der Waals surface area contributed by atoms with E-state index < -0.39 is 12.1 Å². The van der Waals surface area contributed by atoms with E-state index in [1.165, 1.54) is 289 Å². The number of nitrogens with one attached hydrogen (secondary N) is 1. The standard InChI is InChI=1S/C71H133NO5/c1-3-5-7-9-11-13-15-17-19-20-30-34-37-41-45-49-53-57-61-65-71(76)77-66-62-58-54-50-46-42-38-35-32-29-27-25-23-21-22-24-26-28-31-33-36-40-44-48-52-56-60-64-70(75)72-68(67-73)69(74)63-59-55-51-47-43-39-18-16-14-12-10-8-6-4-2/h17,19,21-22,25,27,59,63,68-69,73-74H,3-16,18,20,23-24,26,28-58,60-62,64-67H2,1-2H3,(H,72,75)/b19-17-,22-21-,27-25-,63-59+. The fourth-order valence-electron chi connectivity index (χ4n) is 10.5. The molecule has 0 aromatic carbocycles. The van der Waals surface area contributed by atoms with Gasteiger partial charge in [-0.2, -0.15) is 0 Å². The van der Waals surface area contributed by atoms with E-state index in [0.29, 0.717) is 19.4 Å². The highest BCUT2D eigenvalue weighted by Crippen LogP contribution is 2.17. The maximum atomic E-state index is 12.5. The second-order valence-corrected chi connectivity index (χ2v) is 23.5. The monoisotopic (exact) mass is 1080 g/mol. The van der Waals surface area contributed by atoms with Crippen molar-refractivity contribution in [3.63, 3.8) is 0 Å². The summed E-state index contributed by atoms with van der Waals surface area (Å²) in [5.41, 5.74) is 0. The molecular formula is C71H133NO5. The Bertz CT molecular complexity index is 1290. The molecule has 0 aliphatic rings. The lowest BCUT2D eigenvalue weighted by atomic mass is 10.0. The van der Waals surface area contributed by atoms with Crippen molar-refractivity contribution in [2.75, 3.05) is 13.2 Å². The largest absolute Gasteiger partial charge is 0.466 e. The van der Waals surface area contributed by atoms with E-state index in [1.54, 1.807) is 6.08 Å². The van der Waals surface area contributed by atoms with Crippen molar-refractivity contribution < 1.29 is 24.5 Å². The van der Waals surface area contributed by atoms with Crippen LogP contribution in [-0.2, 0) is 14.3 Å². The van der Waals surface area contributed by atoms with Gasteiger partial charge in [-0.3, -0.25) is 9.59 Å². The molecule has 452 valence electrons. The summed E-state index contributed by atoms with van der Waals surface area (Å²) in [6.45, 7) is 4.91. The molecule has 0 heterocycles. The predicted octanol–water partition coefficient (Wildman–Crippen LogP) is 22.1. The summed E-state index contributed by atoms with van der Waals surface area (Å²) in [6, 6.07) is -0.631. The van der Waals surface area contributed by atoms with Crippen LogP contribution in [0.4, 0.5) is 0 Å². The third-order valence-corrected chi connectivity index (χ3v) is 15.8. The molecule has 2 atom stereocenters. The first kappa shape index (κ1) is 74.8. The zero-order valence-corrected chi connectivity index (χ0v) is 51.7. The van der Waals surface area contributed by atoms with Gasteiger partial charge in [0.25, 0.3) is 0 Å². The average molecular weight is 1080 g/mol. The van der Waals surface area contributed by atoms with Crippen molar-refractivity contribution in [1.29, 1.82) is 0 Å². The van der Waals surface area contributed by atoms with Crippen LogP contribution in [0.5, 0.6) is 0 Å². The number of carbonyl (C=O) groups is 2. The third kappa shape index (κ3) is 62.9. The van der Waals surface area contributed by atoms with Gasteiger partial charge >= 0.3 is 5.97 Å². The summed E-state index contributed by atoms with van der Waals surface area (Å²) in [7, 11) is 0. The van der Waals surface area contributed by atoms with Gasteiger partial charge in [-0.25, -0.2) is 0 Å². The number of ether oxygens (including phenoxy) is 1. The van der Waals surface area contributed by atoms with Crippen LogP contribution in [0.15, 0.2) is 48.6 Å². The number of aliphatic hydroxyl groups is 2. The first-order valence-electron chi connectivity index (χ1n) is 34.4. The van der Waals surface area contributed by atoms with Crippen LogP contribution in [0.1, 0.15) is 367 Å². The van der Waals surface area contributed by atoms with Gasteiger partial charge in [-0.05, 0) is 89.9 Å². The number of carbonyl (C=O) groups excluding carboxylic acids is 2. The topological polar surface area (TPSA) is 95.9 Å². The first-order chi connectivity index (χ1) is 38.0. The van der Waals surface area contributed by atoms with Gasteiger partial charge in [0, 0.05) is 12.8 Å². The Hall–Kier alpha value is -2.18. The van der Waals surface area contributed by atoms with Crippen LogP contribution in [-0.4, -0.2) is 47.4 Å². The first-order valence-corrected chi connectivity index (χ1v) is 34.4. The van der Waals surface area contributed by atoms with Crippen molar-refractivity contribution in [2.45, 2.75) is 379 Å². The van der Waals surface area contributed by atoms with Crippen LogP contribution in [0.3, 0.4) is 0 Å². The maximum Gasteiger partial charge on any atom is 0.305 e. The van der Waals surface area contributed by atoms with Gasteiger partial charge in [-0.1, -0.05) is 313 Å². The maximum absolute atomic E-state index is 12.5. The second-order valence-electron chi connectivity index (χ2n) is 23.5. The van der Waals surface area contributed by atoms with Gasteiger partial charge < -0.3 is 20.3 Å². The van der Waals surface area contributed by atoms with E-state index in [2.05, 4.69) is 55.6 Å². The van der Waals surface area contributed by atoms with E-state index in [0.717, 1.165) is 51.4 Å². The van der Waals surface area contributed by atoms with Gasteiger partial charge in [-0.15, -0.1) is 0 Å². The number of allylic oxidation sites excluding steroid dienone is 7.